The van der Waals surface area contributed by atoms with E-state index in [0.717, 1.165) is 18.3 Å². The Morgan fingerprint density at radius 2 is 1.58 bits per heavy atom. The number of pyridine rings is 1. The summed E-state index contributed by atoms with van der Waals surface area (Å²) in [5.41, 5.74) is -0.889. The van der Waals surface area contributed by atoms with Gasteiger partial charge in [-0.2, -0.15) is 0 Å². The van der Waals surface area contributed by atoms with E-state index in [1.54, 1.807) is 0 Å². The number of aromatic amines is 1. The summed E-state index contributed by atoms with van der Waals surface area (Å²) in [5.74, 6) is -3.12. The van der Waals surface area contributed by atoms with E-state index in [4.69, 9.17) is 11.6 Å². The number of nitrogens with one attached hydrogen (secondary N) is 1. The van der Waals surface area contributed by atoms with Crippen LogP contribution in [0, 0.1) is 17.5 Å². The average molecular weight is 374 g/mol. The van der Waals surface area contributed by atoms with Crippen molar-refractivity contribution in [1.29, 1.82) is 0 Å². The third-order valence-electron chi connectivity index (χ3n) is 3.32. The molecule has 2 aromatic carbocycles. The van der Waals surface area contributed by atoms with Gasteiger partial charge in [0.05, 0.1) is 15.4 Å². The van der Waals surface area contributed by atoms with Crippen molar-refractivity contribution in [2.24, 2.45) is 0 Å². The molecule has 0 aliphatic rings. The highest BCUT2D eigenvalue weighted by Gasteiger charge is 2.24. The van der Waals surface area contributed by atoms with Crippen LogP contribution in [0.5, 0.6) is 0 Å². The fourth-order valence-corrected chi connectivity index (χ4v) is 3.73. The molecule has 0 atom stereocenters. The zero-order chi connectivity index (χ0) is 17.6. The first-order valence-electron chi connectivity index (χ1n) is 6.42. The van der Waals surface area contributed by atoms with Crippen LogP contribution in [-0.4, -0.2) is 13.4 Å². The first-order chi connectivity index (χ1) is 11.2. The Labute approximate surface area is 138 Å². The van der Waals surface area contributed by atoms with Gasteiger partial charge in [0, 0.05) is 17.6 Å². The Morgan fingerprint density at radius 3 is 2.21 bits per heavy atom. The number of benzene rings is 2. The van der Waals surface area contributed by atoms with Gasteiger partial charge < -0.3 is 4.98 Å². The number of H-pyrrole nitrogens is 1. The van der Waals surface area contributed by atoms with Crippen molar-refractivity contribution in [3.05, 3.63) is 69.2 Å². The molecular weight excluding hydrogens is 367 g/mol. The molecule has 0 saturated carbocycles. The van der Waals surface area contributed by atoms with Crippen molar-refractivity contribution in [3.8, 4) is 0 Å². The van der Waals surface area contributed by atoms with E-state index in [2.05, 4.69) is 4.98 Å². The molecule has 1 heterocycles. The lowest BCUT2D eigenvalue weighted by atomic mass is 10.2. The van der Waals surface area contributed by atoms with Gasteiger partial charge >= 0.3 is 0 Å². The normalized spacial score (nSPS) is 11.8. The van der Waals surface area contributed by atoms with Crippen LogP contribution in [0.25, 0.3) is 10.9 Å². The molecule has 124 valence electrons. The van der Waals surface area contributed by atoms with E-state index in [1.165, 1.54) is 0 Å². The Balaban J connectivity index is 2.31. The van der Waals surface area contributed by atoms with Crippen molar-refractivity contribution < 1.29 is 21.6 Å². The number of aromatic nitrogens is 1. The Bertz CT molecular complexity index is 1120. The maximum Gasteiger partial charge on any atom is 0.212 e. The van der Waals surface area contributed by atoms with Crippen molar-refractivity contribution in [1.82, 2.24) is 4.98 Å². The summed E-state index contributed by atoms with van der Waals surface area (Å²) in [6.45, 7) is 0. The van der Waals surface area contributed by atoms with Gasteiger partial charge in [0.2, 0.25) is 15.3 Å². The van der Waals surface area contributed by atoms with Crippen LogP contribution in [0.4, 0.5) is 13.2 Å². The third-order valence-corrected chi connectivity index (χ3v) is 5.35. The summed E-state index contributed by atoms with van der Waals surface area (Å²) in [5, 5.41) is -0.504. The monoisotopic (exact) mass is 373 g/mol. The molecular formula is C15H7ClF3NO3S. The Hall–Kier alpha value is -2.32. The van der Waals surface area contributed by atoms with E-state index in [1.807, 2.05) is 0 Å². The summed E-state index contributed by atoms with van der Waals surface area (Å²) in [7, 11) is -4.51. The number of hydrogen-bond acceptors (Lipinski definition) is 3. The molecule has 3 rings (SSSR count). The first-order valence-corrected chi connectivity index (χ1v) is 8.28. The highest BCUT2D eigenvalue weighted by atomic mass is 35.5. The number of halogens is 4. The molecule has 0 fully saturated rings. The second-order valence-electron chi connectivity index (χ2n) is 4.90. The highest BCUT2D eigenvalue weighted by Crippen LogP contribution is 2.24. The van der Waals surface area contributed by atoms with Gasteiger partial charge in [0.15, 0.2) is 0 Å². The van der Waals surface area contributed by atoms with Gasteiger partial charge in [-0.15, -0.1) is 0 Å². The molecule has 0 aliphatic heterocycles. The van der Waals surface area contributed by atoms with Gasteiger partial charge in [0.1, 0.15) is 22.3 Å². The van der Waals surface area contributed by atoms with Gasteiger partial charge in [-0.1, -0.05) is 11.6 Å². The van der Waals surface area contributed by atoms with E-state index in [0.29, 0.717) is 18.2 Å². The molecule has 0 unspecified atom stereocenters. The van der Waals surface area contributed by atoms with Crippen LogP contribution in [0.2, 0.25) is 5.02 Å². The minimum Gasteiger partial charge on any atom is -0.360 e. The fourth-order valence-electron chi connectivity index (χ4n) is 2.21. The smallest absolute Gasteiger partial charge is 0.212 e. The van der Waals surface area contributed by atoms with Crippen molar-refractivity contribution in [3.63, 3.8) is 0 Å². The number of hydrogen-bond donors (Lipinski definition) is 1. The molecule has 1 N–H and O–H groups in total. The number of sulfone groups is 1. The topological polar surface area (TPSA) is 67.0 Å². The summed E-state index contributed by atoms with van der Waals surface area (Å²) >= 11 is 5.60. The molecule has 1 aromatic heterocycles. The van der Waals surface area contributed by atoms with Crippen LogP contribution >= 0.6 is 11.6 Å². The first kappa shape index (κ1) is 16.5. The van der Waals surface area contributed by atoms with Gasteiger partial charge in [0.25, 0.3) is 0 Å². The van der Waals surface area contributed by atoms with Crippen LogP contribution < -0.4 is 5.43 Å². The maximum atomic E-state index is 13.6. The number of rotatable bonds is 2. The summed E-state index contributed by atoms with van der Waals surface area (Å²) in [4.78, 5) is 13.4. The molecule has 3 aromatic rings. The molecule has 0 aliphatic carbocycles. The fraction of sp³-hybridized carbons (Fsp3) is 0. The van der Waals surface area contributed by atoms with Crippen molar-refractivity contribution in [2.45, 2.75) is 9.79 Å². The van der Waals surface area contributed by atoms with Crippen LogP contribution in [0.15, 0.2) is 51.1 Å². The second kappa shape index (κ2) is 5.64. The molecule has 24 heavy (non-hydrogen) atoms. The molecule has 0 spiro atoms. The molecule has 0 bridgehead atoms. The molecule has 4 nitrogen and oxygen atoms in total. The Morgan fingerprint density at radius 1 is 0.958 bits per heavy atom. The summed E-state index contributed by atoms with van der Waals surface area (Å²) < 4.78 is 65.1. The SMILES string of the molecule is O=c1c(S(=O)(=O)c2cc(F)cc(F)c2)c[nH]c2cc(Cl)c(F)cc12. The van der Waals surface area contributed by atoms with E-state index < -0.39 is 42.5 Å². The zero-order valence-corrected chi connectivity index (χ0v) is 13.2. The van der Waals surface area contributed by atoms with Gasteiger partial charge in [-0.3, -0.25) is 4.79 Å². The molecule has 0 amide bonds. The zero-order valence-electron chi connectivity index (χ0n) is 11.6. The van der Waals surface area contributed by atoms with E-state index in [9.17, 15) is 26.4 Å². The van der Waals surface area contributed by atoms with Gasteiger partial charge in [-0.25, -0.2) is 21.6 Å². The lowest BCUT2D eigenvalue weighted by molar-refractivity contribution is 0.566. The van der Waals surface area contributed by atoms with Gasteiger partial charge in [-0.05, 0) is 24.3 Å². The highest BCUT2D eigenvalue weighted by molar-refractivity contribution is 7.91. The molecule has 9 heteroatoms. The minimum atomic E-state index is -4.51. The minimum absolute atomic E-state index is 0.121. The lowest BCUT2D eigenvalue weighted by Crippen LogP contribution is -2.16. The van der Waals surface area contributed by atoms with Crippen LogP contribution in [0.3, 0.4) is 0 Å². The maximum absolute atomic E-state index is 13.6. The number of fused-ring (bicyclic) bond motifs is 1. The quantitative estimate of drug-likeness (QED) is 0.748. The molecule has 0 saturated heterocycles. The third kappa shape index (κ3) is 2.67. The predicted octanol–water partition coefficient (Wildman–Crippen LogP) is 3.43. The second-order valence-corrected chi connectivity index (χ2v) is 7.23. The van der Waals surface area contributed by atoms with Crippen molar-refractivity contribution in [2.75, 3.05) is 0 Å². The average Bonchev–Trinajstić information content (AvgIpc) is 2.48. The van der Waals surface area contributed by atoms with E-state index >= 15 is 0 Å². The predicted molar refractivity (Wildman–Crippen MR) is 81.3 cm³/mol. The summed E-state index contributed by atoms with van der Waals surface area (Å²) in [6, 6.07) is 3.60. The largest absolute Gasteiger partial charge is 0.360 e. The summed E-state index contributed by atoms with van der Waals surface area (Å²) in [6.07, 6.45) is 0.872. The van der Waals surface area contributed by atoms with Crippen LogP contribution in [-0.2, 0) is 9.84 Å². The van der Waals surface area contributed by atoms with Crippen LogP contribution in [0.1, 0.15) is 0 Å². The lowest BCUT2D eigenvalue weighted by Gasteiger charge is -2.07. The van der Waals surface area contributed by atoms with E-state index in [-0.39, 0.29) is 15.9 Å². The van der Waals surface area contributed by atoms with Crippen molar-refractivity contribution >= 4 is 32.3 Å². The molecule has 0 radical (unpaired) electrons. The standard InChI is InChI=1S/C15H7ClF3NO3S/c16-11-5-13-10(4-12(11)19)15(21)14(6-20-13)24(22,23)9-2-7(17)1-8(18)3-9/h1-6H,(H,20,21). The Kier molecular flexibility index (Phi) is 3.89.